The zero-order valence-corrected chi connectivity index (χ0v) is 7.74. The second-order valence-electron chi connectivity index (χ2n) is 2.17. The average molecular weight is 184 g/mol. The number of amides is 2. The van der Waals surface area contributed by atoms with Crippen LogP contribution in [0.25, 0.3) is 0 Å². The highest BCUT2D eigenvalue weighted by Crippen LogP contribution is 1.97. The molecule has 0 fully saturated rings. The fourth-order valence-electron chi connectivity index (χ4n) is 0.772. The number of hydrogen-bond donors (Lipinski definition) is 0. The molecule has 0 unspecified atom stereocenters. The van der Waals surface area contributed by atoms with Gasteiger partial charge < -0.3 is 4.74 Å². The molecule has 0 aromatic carbocycles. The van der Waals surface area contributed by atoms with Crippen LogP contribution in [0.2, 0.25) is 0 Å². The Morgan fingerprint density at radius 2 is 2.08 bits per heavy atom. The Morgan fingerprint density at radius 1 is 1.46 bits per heavy atom. The van der Waals surface area contributed by atoms with Gasteiger partial charge in [-0.1, -0.05) is 0 Å². The summed E-state index contributed by atoms with van der Waals surface area (Å²) in [4.78, 5) is 23.1. The molecule has 0 radical (unpaired) electrons. The maximum absolute atomic E-state index is 11.1. The summed E-state index contributed by atoms with van der Waals surface area (Å²) in [5.41, 5.74) is 0. The number of nitrogens with zero attached hydrogens (tertiary/aromatic N) is 2. The van der Waals surface area contributed by atoms with Crippen LogP contribution in [0.4, 0.5) is 4.79 Å². The van der Waals surface area contributed by atoms with Crippen molar-refractivity contribution in [1.82, 2.24) is 4.90 Å². The molecule has 0 heterocycles. The van der Waals surface area contributed by atoms with Crippen molar-refractivity contribution in [1.29, 1.82) is 5.26 Å². The van der Waals surface area contributed by atoms with Crippen LogP contribution in [-0.2, 0) is 9.53 Å². The number of hydrogen-bond acceptors (Lipinski definition) is 4. The lowest BCUT2D eigenvalue weighted by atomic mass is 10.4. The van der Waals surface area contributed by atoms with E-state index >= 15 is 0 Å². The average Bonchev–Trinajstić information content (AvgIpc) is 2.06. The zero-order valence-electron chi connectivity index (χ0n) is 7.74. The van der Waals surface area contributed by atoms with Gasteiger partial charge in [-0.05, 0) is 13.8 Å². The van der Waals surface area contributed by atoms with Gasteiger partial charge in [0, 0.05) is 6.54 Å². The summed E-state index contributed by atoms with van der Waals surface area (Å²) in [5, 5.41) is 8.24. The Bertz CT molecular complexity index is 232. The molecule has 5 nitrogen and oxygen atoms in total. The van der Waals surface area contributed by atoms with E-state index in [1.807, 2.05) is 0 Å². The summed E-state index contributed by atoms with van der Waals surface area (Å²) in [6.45, 7) is 3.74. The van der Waals surface area contributed by atoms with Crippen LogP contribution in [0.1, 0.15) is 20.3 Å². The number of carbonyl (C=O) groups excluding carboxylic acids is 2. The van der Waals surface area contributed by atoms with Gasteiger partial charge in [0.1, 0.15) is 6.42 Å². The van der Waals surface area contributed by atoms with Gasteiger partial charge in [0.2, 0.25) is 5.91 Å². The minimum absolute atomic E-state index is 0.217. The van der Waals surface area contributed by atoms with E-state index in [4.69, 9.17) is 5.26 Å². The summed E-state index contributed by atoms with van der Waals surface area (Å²) in [7, 11) is 0. The maximum atomic E-state index is 11.1. The highest BCUT2D eigenvalue weighted by molar-refractivity contribution is 5.92. The van der Waals surface area contributed by atoms with Gasteiger partial charge in [-0.25, -0.2) is 9.69 Å². The first-order valence-corrected chi connectivity index (χ1v) is 4.01. The summed E-state index contributed by atoms with van der Waals surface area (Å²) in [6.07, 6.45) is -0.989. The smallest absolute Gasteiger partial charge is 0.416 e. The minimum Gasteiger partial charge on any atom is -0.449 e. The maximum Gasteiger partial charge on any atom is 0.416 e. The zero-order chi connectivity index (χ0) is 10.3. The Morgan fingerprint density at radius 3 is 2.46 bits per heavy atom. The highest BCUT2D eigenvalue weighted by Gasteiger charge is 2.19. The van der Waals surface area contributed by atoms with Crippen LogP contribution >= 0.6 is 0 Å². The molecule has 0 aliphatic rings. The standard InChI is InChI=1S/C8H12N2O3/c1-3-10(7(11)5-6-9)8(12)13-4-2/h3-5H2,1-2H3. The first kappa shape index (κ1) is 11.4. The van der Waals surface area contributed by atoms with Gasteiger partial charge >= 0.3 is 6.09 Å². The van der Waals surface area contributed by atoms with Crippen molar-refractivity contribution in [2.24, 2.45) is 0 Å². The van der Waals surface area contributed by atoms with E-state index in [0.29, 0.717) is 0 Å². The van der Waals surface area contributed by atoms with Crippen molar-refractivity contribution in [3.05, 3.63) is 0 Å². The third-order valence-corrected chi connectivity index (χ3v) is 1.34. The van der Waals surface area contributed by atoms with Gasteiger partial charge in [-0.15, -0.1) is 0 Å². The van der Waals surface area contributed by atoms with Crippen LogP contribution < -0.4 is 0 Å². The molecular formula is C8H12N2O3. The van der Waals surface area contributed by atoms with Gasteiger partial charge in [-0.3, -0.25) is 4.79 Å². The molecule has 0 aliphatic heterocycles. The topological polar surface area (TPSA) is 70.4 Å². The number of rotatable bonds is 3. The highest BCUT2D eigenvalue weighted by atomic mass is 16.6. The van der Waals surface area contributed by atoms with Crippen molar-refractivity contribution >= 4 is 12.0 Å². The van der Waals surface area contributed by atoms with Gasteiger partial charge in [0.15, 0.2) is 0 Å². The lowest BCUT2D eigenvalue weighted by molar-refractivity contribution is -0.128. The number of ether oxygens (including phenoxy) is 1. The molecule has 0 N–H and O–H groups in total. The Hall–Kier alpha value is -1.57. The molecule has 0 spiro atoms. The molecule has 0 saturated carbocycles. The summed E-state index contributed by atoms with van der Waals surface area (Å²) in [5.74, 6) is -0.525. The molecule has 2 amide bonds. The molecule has 0 aromatic rings. The Labute approximate surface area is 76.9 Å². The van der Waals surface area contributed by atoms with E-state index in [-0.39, 0.29) is 19.6 Å². The van der Waals surface area contributed by atoms with Crippen molar-refractivity contribution in [3.63, 3.8) is 0 Å². The van der Waals surface area contributed by atoms with E-state index in [2.05, 4.69) is 4.74 Å². The predicted octanol–water partition coefficient (Wildman–Crippen LogP) is 0.905. The SMILES string of the molecule is CCOC(=O)N(CC)C(=O)CC#N. The van der Waals surface area contributed by atoms with Crippen LogP contribution in [0.5, 0.6) is 0 Å². The van der Waals surface area contributed by atoms with E-state index < -0.39 is 12.0 Å². The summed E-state index contributed by atoms with van der Waals surface area (Å²) < 4.78 is 4.62. The number of carbonyl (C=O) groups is 2. The molecule has 0 atom stereocenters. The number of imide groups is 1. The van der Waals surface area contributed by atoms with Gasteiger partial charge in [-0.2, -0.15) is 5.26 Å². The van der Waals surface area contributed by atoms with Crippen LogP contribution in [0, 0.1) is 11.3 Å². The monoisotopic (exact) mass is 184 g/mol. The van der Waals surface area contributed by atoms with Gasteiger partial charge in [0.25, 0.3) is 0 Å². The Kier molecular flexibility index (Phi) is 5.28. The largest absolute Gasteiger partial charge is 0.449 e. The Balaban J connectivity index is 4.25. The first-order valence-electron chi connectivity index (χ1n) is 4.01. The lowest BCUT2D eigenvalue weighted by Crippen LogP contribution is -2.36. The molecule has 5 heteroatoms. The number of nitriles is 1. The van der Waals surface area contributed by atoms with Crippen molar-refractivity contribution in [2.75, 3.05) is 13.2 Å². The quantitative estimate of drug-likeness (QED) is 0.653. The molecule has 0 saturated heterocycles. The first-order chi connectivity index (χ1) is 6.17. The molecule has 0 bridgehead atoms. The van der Waals surface area contributed by atoms with Crippen LogP contribution in [-0.4, -0.2) is 30.1 Å². The third-order valence-electron chi connectivity index (χ3n) is 1.34. The fourth-order valence-corrected chi connectivity index (χ4v) is 0.772. The van der Waals surface area contributed by atoms with Crippen molar-refractivity contribution < 1.29 is 14.3 Å². The van der Waals surface area contributed by atoms with Crippen LogP contribution in [0.3, 0.4) is 0 Å². The summed E-state index contributed by atoms with van der Waals surface area (Å²) in [6, 6.07) is 1.68. The molecule has 13 heavy (non-hydrogen) atoms. The molecular weight excluding hydrogens is 172 g/mol. The molecule has 72 valence electrons. The third kappa shape index (κ3) is 3.56. The summed E-state index contributed by atoms with van der Waals surface area (Å²) >= 11 is 0. The van der Waals surface area contributed by atoms with Crippen molar-refractivity contribution in [2.45, 2.75) is 20.3 Å². The van der Waals surface area contributed by atoms with E-state index in [0.717, 1.165) is 4.90 Å². The van der Waals surface area contributed by atoms with Gasteiger partial charge in [0.05, 0.1) is 12.7 Å². The second kappa shape index (κ2) is 6.00. The van der Waals surface area contributed by atoms with Crippen LogP contribution in [0.15, 0.2) is 0 Å². The van der Waals surface area contributed by atoms with E-state index in [1.165, 1.54) is 0 Å². The van der Waals surface area contributed by atoms with Crippen molar-refractivity contribution in [3.8, 4) is 6.07 Å². The van der Waals surface area contributed by atoms with E-state index in [1.54, 1.807) is 19.9 Å². The minimum atomic E-state index is -0.690. The van der Waals surface area contributed by atoms with E-state index in [9.17, 15) is 9.59 Å². The molecule has 0 aliphatic carbocycles. The fraction of sp³-hybridized carbons (Fsp3) is 0.625. The normalized spacial score (nSPS) is 8.69. The molecule has 0 rings (SSSR count). The second-order valence-corrected chi connectivity index (χ2v) is 2.17. The predicted molar refractivity (Wildman–Crippen MR) is 44.6 cm³/mol. The molecule has 0 aromatic heterocycles. The lowest BCUT2D eigenvalue weighted by Gasteiger charge is -2.16.